The number of Topliss-reactive ketones (excluding diaryl/α,β-unsaturated/α-hetero) is 1. The van der Waals surface area contributed by atoms with Crippen LogP contribution in [0.25, 0.3) is 0 Å². The summed E-state index contributed by atoms with van der Waals surface area (Å²) in [5, 5.41) is 0. The fraction of sp³-hybridized carbons (Fsp3) is 0.167. The molecule has 3 heteroatoms. The van der Waals surface area contributed by atoms with Crippen molar-refractivity contribution in [2.45, 2.75) is 6.42 Å². The Morgan fingerprint density at radius 3 is 2.53 bits per heavy atom. The molecule has 0 spiro atoms. The second kappa shape index (κ2) is 5.75. The molecular formula is C12H12O3. The molecule has 0 heterocycles. The average Bonchev–Trinajstić information content (AvgIpc) is 2.27. The zero-order valence-corrected chi connectivity index (χ0v) is 8.31. The van der Waals surface area contributed by atoms with Gasteiger partial charge in [-0.1, -0.05) is 43.0 Å². The molecule has 1 rings (SSSR count). The number of benzene rings is 1. The smallest absolute Gasteiger partial charge is 0.314 e. The summed E-state index contributed by atoms with van der Waals surface area (Å²) in [6.07, 6.45) is 1.24. The van der Waals surface area contributed by atoms with Crippen LogP contribution in [0.15, 0.2) is 43.0 Å². The van der Waals surface area contributed by atoms with E-state index in [1.165, 1.54) is 6.08 Å². The summed E-state index contributed by atoms with van der Waals surface area (Å²) in [6, 6.07) is 8.66. The minimum absolute atomic E-state index is 0.140. The third-order valence-electron chi connectivity index (χ3n) is 1.76. The van der Waals surface area contributed by atoms with Crippen LogP contribution in [0.3, 0.4) is 0 Å². The van der Waals surface area contributed by atoms with Gasteiger partial charge in [0.15, 0.2) is 5.78 Å². The maximum atomic E-state index is 11.5. The average molecular weight is 204 g/mol. The summed E-state index contributed by atoms with van der Waals surface area (Å²) in [5.74, 6) is -0.756. The van der Waals surface area contributed by atoms with E-state index in [-0.39, 0.29) is 18.8 Å². The Balaban J connectivity index is 2.49. The lowest BCUT2D eigenvalue weighted by Gasteiger charge is -2.01. The second-order valence-corrected chi connectivity index (χ2v) is 2.94. The number of carbonyl (C=O) groups excluding carboxylic acids is 2. The van der Waals surface area contributed by atoms with Crippen molar-refractivity contribution >= 4 is 11.8 Å². The fourth-order valence-corrected chi connectivity index (χ4v) is 1.06. The van der Waals surface area contributed by atoms with Gasteiger partial charge in [-0.3, -0.25) is 9.59 Å². The highest BCUT2D eigenvalue weighted by molar-refractivity contribution is 6.05. The summed E-state index contributed by atoms with van der Waals surface area (Å²) in [6.45, 7) is 3.55. The van der Waals surface area contributed by atoms with E-state index in [0.29, 0.717) is 5.56 Å². The third-order valence-corrected chi connectivity index (χ3v) is 1.76. The van der Waals surface area contributed by atoms with Crippen LogP contribution >= 0.6 is 0 Å². The summed E-state index contributed by atoms with van der Waals surface area (Å²) in [7, 11) is 0. The number of hydrogen-bond donors (Lipinski definition) is 0. The van der Waals surface area contributed by atoms with E-state index in [0.717, 1.165) is 0 Å². The van der Waals surface area contributed by atoms with Gasteiger partial charge >= 0.3 is 5.97 Å². The number of hydrogen-bond acceptors (Lipinski definition) is 3. The fourth-order valence-electron chi connectivity index (χ4n) is 1.06. The number of carbonyl (C=O) groups is 2. The van der Waals surface area contributed by atoms with Crippen LogP contribution in [0.4, 0.5) is 0 Å². The highest BCUT2D eigenvalue weighted by Gasteiger charge is 2.11. The Morgan fingerprint density at radius 1 is 1.27 bits per heavy atom. The number of esters is 1. The van der Waals surface area contributed by atoms with Crippen LogP contribution in [-0.2, 0) is 9.53 Å². The van der Waals surface area contributed by atoms with Crippen LogP contribution in [0.5, 0.6) is 0 Å². The Morgan fingerprint density at radius 2 is 1.93 bits per heavy atom. The molecule has 0 saturated heterocycles. The van der Waals surface area contributed by atoms with Crippen molar-refractivity contribution in [2.75, 3.05) is 6.61 Å². The standard InChI is InChI=1S/C12H12O3/c1-2-8-15-12(14)9-11(13)10-6-4-3-5-7-10/h2-7H,1,8-9H2. The van der Waals surface area contributed by atoms with E-state index in [2.05, 4.69) is 6.58 Å². The van der Waals surface area contributed by atoms with Gasteiger partial charge in [-0.05, 0) is 0 Å². The molecule has 3 nitrogen and oxygen atoms in total. The molecule has 0 aliphatic carbocycles. The van der Waals surface area contributed by atoms with Gasteiger partial charge in [-0.2, -0.15) is 0 Å². The minimum Gasteiger partial charge on any atom is -0.461 e. The minimum atomic E-state index is -0.524. The van der Waals surface area contributed by atoms with Crippen LogP contribution < -0.4 is 0 Å². The van der Waals surface area contributed by atoms with E-state index in [4.69, 9.17) is 4.74 Å². The molecule has 0 unspecified atom stereocenters. The first-order chi connectivity index (χ1) is 7.24. The van der Waals surface area contributed by atoms with Gasteiger partial charge in [0.2, 0.25) is 0 Å². The first kappa shape index (κ1) is 11.2. The SMILES string of the molecule is C=CCOC(=O)CC(=O)c1ccccc1. The quantitative estimate of drug-likeness (QED) is 0.319. The van der Waals surface area contributed by atoms with Crippen LogP contribution in [0.1, 0.15) is 16.8 Å². The summed E-state index contributed by atoms with van der Waals surface area (Å²) < 4.78 is 4.71. The molecule has 0 fully saturated rings. The lowest BCUT2D eigenvalue weighted by Crippen LogP contribution is -2.11. The zero-order chi connectivity index (χ0) is 11.1. The lowest BCUT2D eigenvalue weighted by molar-refractivity contribution is -0.141. The molecule has 1 aromatic rings. The molecule has 0 aromatic heterocycles. The second-order valence-electron chi connectivity index (χ2n) is 2.94. The van der Waals surface area contributed by atoms with Gasteiger partial charge in [0.1, 0.15) is 13.0 Å². The molecule has 0 aliphatic rings. The maximum absolute atomic E-state index is 11.5. The molecule has 0 aliphatic heterocycles. The Kier molecular flexibility index (Phi) is 4.29. The first-order valence-electron chi connectivity index (χ1n) is 4.59. The monoisotopic (exact) mass is 204 g/mol. The topological polar surface area (TPSA) is 43.4 Å². The molecule has 0 atom stereocenters. The van der Waals surface area contributed by atoms with E-state index in [1.54, 1.807) is 24.3 Å². The number of rotatable bonds is 5. The van der Waals surface area contributed by atoms with Crippen molar-refractivity contribution in [3.05, 3.63) is 48.6 Å². The van der Waals surface area contributed by atoms with Crippen molar-refractivity contribution in [3.8, 4) is 0 Å². The Hall–Kier alpha value is -1.90. The predicted molar refractivity (Wildman–Crippen MR) is 56.5 cm³/mol. The number of ether oxygens (including phenoxy) is 1. The van der Waals surface area contributed by atoms with Gasteiger partial charge in [0.05, 0.1) is 0 Å². The Bertz CT molecular complexity index is 354. The van der Waals surface area contributed by atoms with E-state index in [1.807, 2.05) is 6.07 Å². The summed E-state index contributed by atoms with van der Waals surface area (Å²) >= 11 is 0. The molecule has 78 valence electrons. The normalized spacial score (nSPS) is 9.33. The zero-order valence-electron chi connectivity index (χ0n) is 8.31. The third kappa shape index (κ3) is 3.77. The lowest BCUT2D eigenvalue weighted by atomic mass is 10.1. The molecule has 0 amide bonds. The van der Waals surface area contributed by atoms with Gasteiger partial charge in [0, 0.05) is 5.56 Å². The van der Waals surface area contributed by atoms with Crippen molar-refractivity contribution in [1.82, 2.24) is 0 Å². The van der Waals surface area contributed by atoms with Gasteiger partial charge in [0.25, 0.3) is 0 Å². The van der Waals surface area contributed by atoms with Crippen molar-refractivity contribution < 1.29 is 14.3 Å². The van der Waals surface area contributed by atoms with Crippen molar-refractivity contribution in [3.63, 3.8) is 0 Å². The number of ketones is 1. The first-order valence-corrected chi connectivity index (χ1v) is 4.59. The molecule has 0 saturated carbocycles. The maximum Gasteiger partial charge on any atom is 0.314 e. The van der Waals surface area contributed by atoms with Gasteiger partial charge < -0.3 is 4.74 Å². The molecule has 0 N–H and O–H groups in total. The van der Waals surface area contributed by atoms with Crippen LogP contribution in [-0.4, -0.2) is 18.4 Å². The molecule has 0 bridgehead atoms. The van der Waals surface area contributed by atoms with Crippen LogP contribution in [0, 0.1) is 0 Å². The van der Waals surface area contributed by atoms with Gasteiger partial charge in [-0.25, -0.2) is 0 Å². The Labute approximate surface area is 88.4 Å². The highest BCUT2D eigenvalue weighted by atomic mass is 16.5. The van der Waals surface area contributed by atoms with E-state index < -0.39 is 5.97 Å². The van der Waals surface area contributed by atoms with Crippen molar-refractivity contribution in [2.24, 2.45) is 0 Å². The predicted octanol–water partition coefficient (Wildman–Crippen LogP) is 1.99. The summed E-state index contributed by atoms with van der Waals surface area (Å²) in [5.41, 5.74) is 0.521. The molecule has 15 heavy (non-hydrogen) atoms. The summed E-state index contributed by atoms with van der Waals surface area (Å²) in [4.78, 5) is 22.6. The van der Waals surface area contributed by atoms with Crippen molar-refractivity contribution in [1.29, 1.82) is 0 Å². The molecule has 0 radical (unpaired) electrons. The molecule has 1 aromatic carbocycles. The largest absolute Gasteiger partial charge is 0.461 e. The highest BCUT2D eigenvalue weighted by Crippen LogP contribution is 2.03. The van der Waals surface area contributed by atoms with E-state index in [9.17, 15) is 9.59 Å². The van der Waals surface area contributed by atoms with Gasteiger partial charge in [-0.15, -0.1) is 0 Å². The van der Waals surface area contributed by atoms with Crippen LogP contribution in [0.2, 0.25) is 0 Å². The molecular weight excluding hydrogens is 192 g/mol. The van der Waals surface area contributed by atoms with E-state index >= 15 is 0 Å².